The number of Topliss-reactive ketones (excluding diaryl/α,β-unsaturated/α-hetero) is 1. The zero-order valence-electron chi connectivity index (χ0n) is 18.1. The molecule has 1 heterocycles. The van der Waals surface area contributed by atoms with Gasteiger partial charge in [0.05, 0.1) is 35.9 Å². The summed E-state index contributed by atoms with van der Waals surface area (Å²) >= 11 is 6.30. The van der Waals surface area contributed by atoms with Gasteiger partial charge >= 0.3 is 0 Å². The Balaban J connectivity index is 2.26. The van der Waals surface area contributed by atoms with Crippen molar-refractivity contribution in [2.75, 3.05) is 20.3 Å². The van der Waals surface area contributed by atoms with E-state index in [-0.39, 0.29) is 22.6 Å². The monoisotopic (exact) mass is 443 g/mol. The average Bonchev–Trinajstić information content (AvgIpc) is 2.98. The number of ether oxygens (including phenoxy) is 2. The molecule has 0 bridgehead atoms. The predicted molar refractivity (Wildman–Crippen MR) is 120 cm³/mol. The number of nitrogens with zero attached hydrogens (tertiary/aromatic N) is 1. The van der Waals surface area contributed by atoms with Crippen LogP contribution in [0.1, 0.15) is 43.0 Å². The molecule has 1 N–H and O–H groups in total. The second-order valence-electron chi connectivity index (χ2n) is 7.33. The van der Waals surface area contributed by atoms with Gasteiger partial charge in [-0.1, -0.05) is 30.7 Å². The minimum atomic E-state index is -0.746. The fraction of sp³-hybridized carbons (Fsp3) is 0.333. The molecule has 1 unspecified atom stereocenters. The van der Waals surface area contributed by atoms with E-state index >= 15 is 0 Å². The molecule has 1 fully saturated rings. The van der Waals surface area contributed by atoms with E-state index in [2.05, 4.69) is 0 Å². The highest BCUT2D eigenvalue weighted by Crippen LogP contribution is 2.43. The molecule has 0 saturated carbocycles. The topological polar surface area (TPSA) is 76.1 Å². The van der Waals surface area contributed by atoms with Crippen molar-refractivity contribution in [2.45, 2.75) is 33.2 Å². The van der Waals surface area contributed by atoms with Crippen molar-refractivity contribution in [3.05, 3.63) is 63.7 Å². The molecule has 0 spiro atoms. The van der Waals surface area contributed by atoms with Crippen LogP contribution in [-0.4, -0.2) is 42.0 Å². The Hall–Kier alpha value is -2.99. The summed E-state index contributed by atoms with van der Waals surface area (Å²) in [5.74, 6) is -0.830. The van der Waals surface area contributed by atoms with Gasteiger partial charge in [-0.25, -0.2) is 0 Å². The molecule has 1 saturated heterocycles. The van der Waals surface area contributed by atoms with E-state index in [1.165, 1.54) is 12.0 Å². The lowest BCUT2D eigenvalue weighted by molar-refractivity contribution is -0.139. The van der Waals surface area contributed by atoms with Crippen LogP contribution in [0.15, 0.2) is 42.0 Å². The van der Waals surface area contributed by atoms with Gasteiger partial charge in [-0.3, -0.25) is 9.59 Å². The number of carbonyl (C=O) groups excluding carboxylic acids is 2. The third kappa shape index (κ3) is 4.26. The normalized spacial score (nSPS) is 17.8. The number of aliphatic hydroxyl groups is 1. The second-order valence-corrected chi connectivity index (χ2v) is 7.73. The van der Waals surface area contributed by atoms with Gasteiger partial charge in [0.15, 0.2) is 0 Å². The van der Waals surface area contributed by atoms with E-state index in [0.717, 1.165) is 5.56 Å². The Kier molecular flexibility index (Phi) is 6.91. The summed E-state index contributed by atoms with van der Waals surface area (Å²) in [5, 5.41) is 11.6. The Morgan fingerprint density at radius 1 is 1.19 bits per heavy atom. The number of ketones is 1. The van der Waals surface area contributed by atoms with Gasteiger partial charge in [0.2, 0.25) is 0 Å². The van der Waals surface area contributed by atoms with Crippen molar-refractivity contribution in [3.63, 3.8) is 0 Å². The molecule has 3 rings (SSSR count). The molecule has 164 valence electrons. The number of halogens is 1. The maximum Gasteiger partial charge on any atom is 0.295 e. The Morgan fingerprint density at radius 2 is 1.94 bits per heavy atom. The standard InChI is InChI=1S/C24H26ClNO5/c1-5-10-26-20(15-8-7-9-16(13-15)31-6-2)19(22(28)24(26)29)21(27)17-11-14(3)12-18(25)23(17)30-4/h7-9,11-13,20,27H,5-6,10H2,1-4H3/b21-19+. The lowest BCUT2D eigenvalue weighted by atomic mass is 9.94. The van der Waals surface area contributed by atoms with Crippen molar-refractivity contribution in [2.24, 2.45) is 0 Å². The number of carbonyl (C=O) groups is 2. The van der Waals surface area contributed by atoms with Gasteiger partial charge < -0.3 is 19.5 Å². The molecule has 2 aromatic rings. The lowest BCUT2D eigenvalue weighted by Gasteiger charge is -2.25. The molecular weight excluding hydrogens is 418 g/mol. The summed E-state index contributed by atoms with van der Waals surface area (Å²) in [6.45, 7) is 6.48. The highest BCUT2D eigenvalue weighted by molar-refractivity contribution is 6.46. The van der Waals surface area contributed by atoms with E-state index in [0.29, 0.717) is 35.9 Å². The first-order chi connectivity index (χ1) is 14.8. The van der Waals surface area contributed by atoms with Crippen LogP contribution in [0.4, 0.5) is 0 Å². The summed E-state index contributed by atoms with van der Waals surface area (Å²) in [5.41, 5.74) is 1.74. The first-order valence-electron chi connectivity index (χ1n) is 10.2. The van der Waals surface area contributed by atoms with Crippen LogP contribution in [0.2, 0.25) is 5.02 Å². The summed E-state index contributed by atoms with van der Waals surface area (Å²) in [6.07, 6.45) is 0.661. The van der Waals surface area contributed by atoms with E-state index in [9.17, 15) is 14.7 Å². The number of benzene rings is 2. The maximum atomic E-state index is 13.1. The molecule has 1 amide bonds. The SMILES string of the molecule is CCCN1C(=O)C(=O)/C(=C(/O)c2cc(C)cc(Cl)c2OC)C1c1cccc(OCC)c1. The van der Waals surface area contributed by atoms with Crippen LogP contribution in [0.25, 0.3) is 5.76 Å². The van der Waals surface area contributed by atoms with Gasteiger partial charge in [0.25, 0.3) is 11.7 Å². The lowest BCUT2D eigenvalue weighted by Crippen LogP contribution is -2.30. The molecule has 6 nitrogen and oxygen atoms in total. The largest absolute Gasteiger partial charge is 0.507 e. The molecule has 1 aliphatic rings. The van der Waals surface area contributed by atoms with Crippen LogP contribution >= 0.6 is 11.6 Å². The molecule has 2 aromatic carbocycles. The Labute approximate surface area is 187 Å². The number of aryl methyl sites for hydroxylation is 1. The second kappa shape index (κ2) is 9.43. The number of amides is 1. The van der Waals surface area contributed by atoms with E-state index in [4.69, 9.17) is 21.1 Å². The number of rotatable bonds is 7. The summed E-state index contributed by atoms with van der Waals surface area (Å²) in [4.78, 5) is 27.4. The zero-order valence-corrected chi connectivity index (χ0v) is 18.8. The highest BCUT2D eigenvalue weighted by Gasteiger charge is 2.46. The molecular formula is C24H26ClNO5. The molecule has 7 heteroatoms. The third-order valence-corrected chi connectivity index (χ3v) is 5.42. The summed E-state index contributed by atoms with van der Waals surface area (Å²) < 4.78 is 11.0. The first kappa shape index (κ1) is 22.7. The predicted octanol–water partition coefficient (Wildman–Crippen LogP) is 4.89. The summed E-state index contributed by atoms with van der Waals surface area (Å²) in [7, 11) is 1.44. The molecule has 31 heavy (non-hydrogen) atoms. The first-order valence-corrected chi connectivity index (χ1v) is 10.6. The van der Waals surface area contributed by atoms with Crippen LogP contribution in [0.3, 0.4) is 0 Å². The fourth-order valence-corrected chi connectivity index (χ4v) is 4.25. The molecule has 1 aliphatic heterocycles. The van der Waals surface area contributed by atoms with Gasteiger partial charge in [-0.05, 0) is 55.7 Å². The van der Waals surface area contributed by atoms with Crippen molar-refractivity contribution < 1.29 is 24.2 Å². The zero-order chi connectivity index (χ0) is 22.7. The van der Waals surface area contributed by atoms with Crippen molar-refractivity contribution >= 4 is 29.1 Å². The third-order valence-electron chi connectivity index (χ3n) is 5.14. The smallest absolute Gasteiger partial charge is 0.295 e. The van der Waals surface area contributed by atoms with E-state index < -0.39 is 17.7 Å². The van der Waals surface area contributed by atoms with Crippen molar-refractivity contribution in [1.29, 1.82) is 0 Å². The van der Waals surface area contributed by atoms with E-state index in [1.54, 1.807) is 24.3 Å². The number of likely N-dealkylation sites (tertiary alicyclic amines) is 1. The van der Waals surface area contributed by atoms with E-state index in [1.807, 2.05) is 32.9 Å². The molecule has 0 aliphatic carbocycles. The van der Waals surface area contributed by atoms with Gasteiger partial charge in [0.1, 0.15) is 17.3 Å². The minimum absolute atomic E-state index is 0.00654. The molecule has 0 aromatic heterocycles. The average molecular weight is 444 g/mol. The summed E-state index contributed by atoms with van der Waals surface area (Å²) in [6, 6.07) is 9.85. The Bertz CT molecular complexity index is 1050. The Morgan fingerprint density at radius 3 is 2.58 bits per heavy atom. The fourth-order valence-electron chi connectivity index (χ4n) is 3.90. The number of aliphatic hydroxyl groups excluding tert-OH is 1. The maximum absolute atomic E-state index is 13.1. The number of hydrogen-bond donors (Lipinski definition) is 1. The number of hydrogen-bond acceptors (Lipinski definition) is 5. The number of methoxy groups -OCH3 is 1. The quantitative estimate of drug-likeness (QED) is 0.374. The van der Waals surface area contributed by atoms with Crippen LogP contribution in [-0.2, 0) is 9.59 Å². The van der Waals surface area contributed by atoms with Crippen molar-refractivity contribution in [3.8, 4) is 11.5 Å². The van der Waals surface area contributed by atoms with Crippen LogP contribution in [0.5, 0.6) is 11.5 Å². The van der Waals surface area contributed by atoms with Crippen LogP contribution in [0, 0.1) is 6.92 Å². The minimum Gasteiger partial charge on any atom is -0.507 e. The highest BCUT2D eigenvalue weighted by atomic mass is 35.5. The molecule has 1 atom stereocenters. The molecule has 0 radical (unpaired) electrons. The van der Waals surface area contributed by atoms with Gasteiger partial charge in [-0.15, -0.1) is 0 Å². The van der Waals surface area contributed by atoms with Gasteiger partial charge in [-0.2, -0.15) is 0 Å². The van der Waals surface area contributed by atoms with Crippen LogP contribution < -0.4 is 9.47 Å². The van der Waals surface area contributed by atoms with Crippen molar-refractivity contribution in [1.82, 2.24) is 4.90 Å². The van der Waals surface area contributed by atoms with Gasteiger partial charge in [0, 0.05) is 6.54 Å².